The summed E-state index contributed by atoms with van der Waals surface area (Å²) in [6.45, 7) is 4.30. The number of carbonyl (C=O) groups is 1. The van der Waals surface area contributed by atoms with E-state index in [-0.39, 0.29) is 11.2 Å². The van der Waals surface area contributed by atoms with Gasteiger partial charge in [-0.25, -0.2) is 0 Å². The molecule has 0 heterocycles. The molecular weight excluding hydrogens is 262 g/mol. The third-order valence-electron chi connectivity index (χ3n) is 3.04. The number of aryl methyl sites for hydroxylation is 1. The van der Waals surface area contributed by atoms with Crippen molar-refractivity contribution in [2.75, 3.05) is 18.2 Å². The summed E-state index contributed by atoms with van der Waals surface area (Å²) in [7, 11) is -0.852. The maximum Gasteiger partial charge on any atom is 0.251 e. The molecule has 0 fully saturated rings. The summed E-state index contributed by atoms with van der Waals surface area (Å²) in [6.07, 6.45) is 2.38. The van der Waals surface area contributed by atoms with E-state index in [2.05, 4.69) is 10.7 Å². The molecule has 0 radical (unpaired) electrons. The number of rotatable bonds is 6. The van der Waals surface area contributed by atoms with Crippen molar-refractivity contribution in [3.63, 3.8) is 0 Å². The van der Waals surface area contributed by atoms with Crippen molar-refractivity contribution in [1.82, 2.24) is 5.32 Å². The van der Waals surface area contributed by atoms with Gasteiger partial charge in [0.2, 0.25) is 0 Å². The summed E-state index contributed by atoms with van der Waals surface area (Å²) in [5.41, 5.74) is 4.80. The highest BCUT2D eigenvalue weighted by Gasteiger charge is 2.10. The van der Waals surface area contributed by atoms with E-state index in [1.54, 1.807) is 18.4 Å². The highest BCUT2D eigenvalue weighted by Crippen LogP contribution is 2.14. The Morgan fingerprint density at radius 2 is 2.16 bits per heavy atom. The van der Waals surface area contributed by atoms with Gasteiger partial charge in [-0.05, 0) is 37.1 Å². The fourth-order valence-electron chi connectivity index (χ4n) is 1.66. The van der Waals surface area contributed by atoms with Gasteiger partial charge in [0.15, 0.2) is 0 Å². The van der Waals surface area contributed by atoms with Crippen LogP contribution in [0.25, 0.3) is 0 Å². The van der Waals surface area contributed by atoms with Gasteiger partial charge in [0, 0.05) is 40.1 Å². The van der Waals surface area contributed by atoms with Gasteiger partial charge in [-0.1, -0.05) is 6.92 Å². The summed E-state index contributed by atoms with van der Waals surface area (Å²) >= 11 is 0. The van der Waals surface area contributed by atoms with Crippen molar-refractivity contribution in [2.45, 2.75) is 25.5 Å². The van der Waals surface area contributed by atoms with E-state index in [4.69, 9.17) is 5.84 Å². The molecule has 2 unspecified atom stereocenters. The first-order valence-corrected chi connectivity index (χ1v) is 7.75. The Hall–Kier alpha value is -1.40. The van der Waals surface area contributed by atoms with Crippen LogP contribution in [0, 0.1) is 6.92 Å². The molecule has 19 heavy (non-hydrogen) atoms. The molecule has 1 amide bonds. The number of hydrazine groups is 1. The van der Waals surface area contributed by atoms with Crippen LogP contribution in [0.4, 0.5) is 5.69 Å². The van der Waals surface area contributed by atoms with E-state index in [9.17, 15) is 9.00 Å². The number of benzene rings is 1. The highest BCUT2D eigenvalue weighted by atomic mass is 32.2. The molecule has 4 N–H and O–H groups in total. The Kier molecular flexibility index (Phi) is 5.98. The Bertz CT molecular complexity index is 477. The predicted octanol–water partition coefficient (Wildman–Crippen LogP) is 1.17. The molecule has 0 aliphatic carbocycles. The maximum atomic E-state index is 12.0. The lowest BCUT2D eigenvalue weighted by atomic mass is 10.1. The van der Waals surface area contributed by atoms with Gasteiger partial charge < -0.3 is 10.7 Å². The van der Waals surface area contributed by atoms with Gasteiger partial charge in [-0.3, -0.25) is 14.8 Å². The van der Waals surface area contributed by atoms with Crippen LogP contribution in [0.5, 0.6) is 0 Å². The molecule has 0 spiro atoms. The number of nitrogens with one attached hydrogen (secondary N) is 2. The van der Waals surface area contributed by atoms with Gasteiger partial charge in [0.05, 0.1) is 0 Å². The van der Waals surface area contributed by atoms with Crippen LogP contribution in [-0.2, 0) is 10.8 Å². The Morgan fingerprint density at radius 3 is 2.68 bits per heavy atom. The lowest BCUT2D eigenvalue weighted by Gasteiger charge is -2.11. The van der Waals surface area contributed by atoms with Crippen molar-refractivity contribution in [3.05, 3.63) is 29.3 Å². The van der Waals surface area contributed by atoms with E-state index in [0.717, 1.165) is 11.3 Å². The summed E-state index contributed by atoms with van der Waals surface area (Å²) in [6, 6.07) is 5.31. The molecule has 6 heteroatoms. The summed E-state index contributed by atoms with van der Waals surface area (Å²) in [4.78, 5) is 12.0. The zero-order valence-corrected chi connectivity index (χ0v) is 12.3. The molecule has 0 aliphatic heterocycles. The zero-order valence-electron chi connectivity index (χ0n) is 11.5. The molecule has 5 nitrogen and oxygen atoms in total. The number of anilines is 1. The molecule has 0 aliphatic rings. The first kappa shape index (κ1) is 15.7. The molecule has 2 atom stereocenters. The zero-order chi connectivity index (χ0) is 14.4. The first-order valence-electron chi connectivity index (χ1n) is 6.13. The fraction of sp³-hybridized carbons (Fsp3) is 0.462. The molecule has 0 saturated carbocycles. The van der Waals surface area contributed by atoms with Crippen LogP contribution in [-0.4, -0.2) is 28.2 Å². The van der Waals surface area contributed by atoms with Crippen molar-refractivity contribution in [2.24, 2.45) is 5.84 Å². The summed E-state index contributed by atoms with van der Waals surface area (Å²) in [5, 5.41) is 2.93. The molecule has 1 rings (SSSR count). The van der Waals surface area contributed by atoms with Gasteiger partial charge in [-0.2, -0.15) is 0 Å². The quantitative estimate of drug-likeness (QED) is 0.540. The lowest BCUT2D eigenvalue weighted by Crippen LogP contribution is -2.28. The number of nitrogens with two attached hydrogens (primary N) is 1. The second kappa shape index (κ2) is 7.25. The minimum absolute atomic E-state index is 0.0882. The number of carbonyl (C=O) groups excluding carboxylic acids is 1. The third-order valence-corrected chi connectivity index (χ3v) is 4.41. The summed E-state index contributed by atoms with van der Waals surface area (Å²) in [5.74, 6) is 5.19. The van der Waals surface area contributed by atoms with Crippen LogP contribution in [0.1, 0.15) is 29.3 Å². The average molecular weight is 283 g/mol. The average Bonchev–Trinajstić information content (AvgIpc) is 2.37. The SMILES string of the molecule is Cc1cc(NN)ccc1C(=O)NCCC(C)S(C)=O. The number of hydrogen-bond donors (Lipinski definition) is 3. The lowest BCUT2D eigenvalue weighted by molar-refractivity contribution is 0.0952. The standard InChI is InChI=1S/C13H21N3O2S/c1-9-8-11(16-14)4-5-12(9)13(17)15-7-6-10(2)19(3)18/h4-5,8,10,16H,6-7,14H2,1-3H3,(H,15,17). The minimum atomic E-state index is -0.852. The second-order valence-electron chi connectivity index (χ2n) is 4.53. The Morgan fingerprint density at radius 1 is 1.47 bits per heavy atom. The van der Waals surface area contributed by atoms with E-state index in [1.807, 2.05) is 19.9 Å². The smallest absolute Gasteiger partial charge is 0.251 e. The van der Waals surface area contributed by atoms with Gasteiger partial charge in [0.1, 0.15) is 0 Å². The molecule has 0 aromatic heterocycles. The number of amides is 1. The fourth-order valence-corrected chi connectivity index (χ4v) is 2.11. The van der Waals surface area contributed by atoms with E-state index < -0.39 is 10.8 Å². The van der Waals surface area contributed by atoms with E-state index >= 15 is 0 Å². The van der Waals surface area contributed by atoms with Gasteiger partial charge >= 0.3 is 0 Å². The topological polar surface area (TPSA) is 84.2 Å². The summed E-state index contributed by atoms with van der Waals surface area (Å²) < 4.78 is 11.2. The normalized spacial score (nSPS) is 13.7. The molecule has 1 aromatic carbocycles. The van der Waals surface area contributed by atoms with Crippen molar-refractivity contribution >= 4 is 22.4 Å². The predicted molar refractivity (Wildman–Crippen MR) is 79.5 cm³/mol. The largest absolute Gasteiger partial charge is 0.352 e. The van der Waals surface area contributed by atoms with Crippen molar-refractivity contribution < 1.29 is 9.00 Å². The van der Waals surface area contributed by atoms with E-state index in [1.165, 1.54) is 0 Å². The molecule has 1 aromatic rings. The van der Waals surface area contributed by atoms with Gasteiger partial charge in [0.25, 0.3) is 5.91 Å². The molecule has 106 valence electrons. The van der Waals surface area contributed by atoms with Crippen molar-refractivity contribution in [1.29, 1.82) is 0 Å². The van der Waals surface area contributed by atoms with Crippen LogP contribution < -0.4 is 16.6 Å². The Labute approximate surface area is 116 Å². The molecule has 0 saturated heterocycles. The van der Waals surface area contributed by atoms with Crippen LogP contribution >= 0.6 is 0 Å². The van der Waals surface area contributed by atoms with E-state index in [0.29, 0.717) is 18.5 Å². The third kappa shape index (κ3) is 4.65. The van der Waals surface area contributed by atoms with Crippen LogP contribution in [0.2, 0.25) is 0 Å². The van der Waals surface area contributed by atoms with Crippen molar-refractivity contribution in [3.8, 4) is 0 Å². The number of nitrogen functional groups attached to an aromatic ring is 1. The van der Waals surface area contributed by atoms with Gasteiger partial charge in [-0.15, -0.1) is 0 Å². The number of hydrogen-bond acceptors (Lipinski definition) is 4. The molecular formula is C13H21N3O2S. The Balaban J connectivity index is 2.57. The minimum Gasteiger partial charge on any atom is -0.352 e. The maximum absolute atomic E-state index is 12.0. The molecule has 0 bridgehead atoms. The first-order chi connectivity index (χ1) is 8.95. The highest BCUT2D eigenvalue weighted by molar-refractivity contribution is 7.84. The van der Waals surface area contributed by atoms with Crippen LogP contribution in [0.3, 0.4) is 0 Å². The monoisotopic (exact) mass is 283 g/mol. The second-order valence-corrected chi connectivity index (χ2v) is 6.33. The van der Waals surface area contributed by atoms with Crippen LogP contribution in [0.15, 0.2) is 18.2 Å².